The van der Waals surface area contributed by atoms with Crippen molar-refractivity contribution in [2.24, 2.45) is 11.5 Å². The monoisotopic (exact) mass is 128 g/mol. The first-order valence-corrected chi connectivity index (χ1v) is 2.73. The normalized spacial score (nSPS) is 11.6. The zero-order chi connectivity index (χ0) is 6.95. The minimum Gasteiger partial charge on any atom is -0.405 e. The molecule has 52 valence electrons. The molecule has 0 aromatic carbocycles. The molecule has 0 saturated carbocycles. The SMILES string of the molecule is N/C=C/COC/C=C/N. The lowest BCUT2D eigenvalue weighted by Crippen LogP contribution is -1.92. The highest BCUT2D eigenvalue weighted by Crippen LogP contribution is 1.75. The van der Waals surface area contributed by atoms with Crippen LogP contribution in [0.3, 0.4) is 0 Å². The molecule has 0 aromatic rings. The maximum absolute atomic E-state index is 5.04. The fraction of sp³-hybridized carbons (Fsp3) is 0.333. The molecule has 0 bridgehead atoms. The minimum absolute atomic E-state index is 0.542. The topological polar surface area (TPSA) is 61.3 Å². The lowest BCUT2D eigenvalue weighted by Gasteiger charge is -1.91. The molecule has 0 unspecified atom stereocenters. The Bertz CT molecular complexity index is 87.2. The molecule has 0 atom stereocenters. The first-order valence-electron chi connectivity index (χ1n) is 2.73. The van der Waals surface area contributed by atoms with Gasteiger partial charge in [-0.05, 0) is 24.6 Å². The second-order valence-electron chi connectivity index (χ2n) is 1.39. The molecule has 0 rings (SSSR count). The number of hydrogen-bond donors (Lipinski definition) is 2. The summed E-state index contributed by atoms with van der Waals surface area (Å²) in [6.07, 6.45) is 6.35. The van der Waals surface area contributed by atoms with E-state index in [-0.39, 0.29) is 0 Å². The number of nitrogens with two attached hydrogens (primary N) is 2. The summed E-state index contributed by atoms with van der Waals surface area (Å²) in [4.78, 5) is 0. The van der Waals surface area contributed by atoms with Crippen LogP contribution in [0.15, 0.2) is 24.6 Å². The van der Waals surface area contributed by atoms with E-state index in [9.17, 15) is 0 Å². The summed E-state index contributed by atoms with van der Waals surface area (Å²) in [6.45, 7) is 1.08. The third-order valence-corrected chi connectivity index (χ3v) is 0.700. The average molecular weight is 128 g/mol. The van der Waals surface area contributed by atoms with Crippen LogP contribution in [0, 0.1) is 0 Å². The third kappa shape index (κ3) is 7.04. The molecule has 0 aliphatic rings. The Morgan fingerprint density at radius 2 is 1.44 bits per heavy atom. The van der Waals surface area contributed by atoms with E-state index < -0.39 is 0 Å². The van der Waals surface area contributed by atoms with Gasteiger partial charge in [-0.3, -0.25) is 0 Å². The highest BCUT2D eigenvalue weighted by molar-refractivity contribution is 4.78. The van der Waals surface area contributed by atoms with Crippen LogP contribution in [0.25, 0.3) is 0 Å². The van der Waals surface area contributed by atoms with Gasteiger partial charge in [0, 0.05) is 0 Å². The van der Waals surface area contributed by atoms with Gasteiger partial charge < -0.3 is 16.2 Å². The summed E-state index contributed by atoms with van der Waals surface area (Å²) in [6, 6.07) is 0. The molecule has 4 N–H and O–H groups in total. The third-order valence-electron chi connectivity index (χ3n) is 0.700. The standard InChI is InChI=1S/C6H12N2O/c7-3-1-5-9-6-2-4-8/h1-4H,5-8H2/b3-1+,4-2+. The van der Waals surface area contributed by atoms with E-state index in [1.165, 1.54) is 12.4 Å². The highest BCUT2D eigenvalue weighted by atomic mass is 16.5. The van der Waals surface area contributed by atoms with Gasteiger partial charge in [0.2, 0.25) is 0 Å². The molecule has 0 fully saturated rings. The minimum atomic E-state index is 0.542. The van der Waals surface area contributed by atoms with E-state index in [2.05, 4.69) is 0 Å². The van der Waals surface area contributed by atoms with Crippen LogP contribution in [-0.2, 0) is 4.74 Å². The number of rotatable bonds is 4. The zero-order valence-corrected chi connectivity index (χ0v) is 5.29. The maximum atomic E-state index is 5.04. The van der Waals surface area contributed by atoms with Crippen molar-refractivity contribution in [1.82, 2.24) is 0 Å². The first-order chi connectivity index (χ1) is 4.41. The Morgan fingerprint density at radius 1 is 1.00 bits per heavy atom. The molecule has 0 aliphatic carbocycles. The summed E-state index contributed by atoms with van der Waals surface area (Å²) in [5.41, 5.74) is 10.1. The predicted molar refractivity (Wildman–Crippen MR) is 37.5 cm³/mol. The Labute approximate surface area is 55.0 Å². The zero-order valence-electron chi connectivity index (χ0n) is 5.29. The molecule has 3 heteroatoms. The second kappa shape index (κ2) is 7.04. The molecular weight excluding hydrogens is 116 g/mol. The molecule has 0 aliphatic heterocycles. The van der Waals surface area contributed by atoms with Gasteiger partial charge in [-0.25, -0.2) is 0 Å². The summed E-state index contributed by atoms with van der Waals surface area (Å²) >= 11 is 0. The van der Waals surface area contributed by atoms with Gasteiger partial charge in [-0.1, -0.05) is 0 Å². The van der Waals surface area contributed by atoms with Gasteiger partial charge in [0.05, 0.1) is 13.2 Å². The summed E-state index contributed by atoms with van der Waals surface area (Å²) in [7, 11) is 0. The Kier molecular flexibility index (Phi) is 6.29. The summed E-state index contributed by atoms with van der Waals surface area (Å²) < 4.78 is 4.98. The van der Waals surface area contributed by atoms with Gasteiger partial charge in [0.1, 0.15) is 0 Å². The van der Waals surface area contributed by atoms with Crippen molar-refractivity contribution < 1.29 is 4.74 Å². The summed E-state index contributed by atoms with van der Waals surface area (Å²) in [5.74, 6) is 0. The molecule has 3 nitrogen and oxygen atoms in total. The van der Waals surface area contributed by atoms with Crippen LogP contribution < -0.4 is 11.5 Å². The van der Waals surface area contributed by atoms with E-state index >= 15 is 0 Å². The van der Waals surface area contributed by atoms with Gasteiger partial charge in [0.15, 0.2) is 0 Å². The van der Waals surface area contributed by atoms with Gasteiger partial charge in [0.25, 0.3) is 0 Å². The Hall–Kier alpha value is -0.960. The lowest BCUT2D eigenvalue weighted by molar-refractivity contribution is 0.193. The fourth-order valence-electron chi connectivity index (χ4n) is 0.315. The van der Waals surface area contributed by atoms with Crippen LogP contribution in [0.4, 0.5) is 0 Å². The molecule has 0 radical (unpaired) electrons. The van der Waals surface area contributed by atoms with Crippen molar-refractivity contribution in [1.29, 1.82) is 0 Å². The Morgan fingerprint density at radius 3 is 1.78 bits per heavy atom. The van der Waals surface area contributed by atoms with Crippen molar-refractivity contribution in [2.75, 3.05) is 13.2 Å². The average Bonchev–Trinajstić information content (AvgIpc) is 1.89. The van der Waals surface area contributed by atoms with Crippen molar-refractivity contribution in [3.05, 3.63) is 24.6 Å². The van der Waals surface area contributed by atoms with Crippen LogP contribution in [-0.4, -0.2) is 13.2 Å². The molecule has 0 saturated heterocycles. The van der Waals surface area contributed by atoms with E-state index in [1.807, 2.05) is 0 Å². The maximum Gasteiger partial charge on any atom is 0.0668 e. The van der Waals surface area contributed by atoms with Crippen LogP contribution in [0.1, 0.15) is 0 Å². The van der Waals surface area contributed by atoms with Crippen molar-refractivity contribution >= 4 is 0 Å². The molecule has 0 heterocycles. The van der Waals surface area contributed by atoms with Crippen molar-refractivity contribution in [3.63, 3.8) is 0 Å². The van der Waals surface area contributed by atoms with Crippen molar-refractivity contribution in [3.8, 4) is 0 Å². The molecule has 0 amide bonds. The lowest BCUT2D eigenvalue weighted by atomic mass is 10.6. The highest BCUT2D eigenvalue weighted by Gasteiger charge is 1.74. The van der Waals surface area contributed by atoms with Crippen molar-refractivity contribution in [2.45, 2.75) is 0 Å². The van der Waals surface area contributed by atoms with Crippen LogP contribution >= 0.6 is 0 Å². The van der Waals surface area contributed by atoms with Gasteiger partial charge in [-0.15, -0.1) is 0 Å². The molecule has 0 aromatic heterocycles. The second-order valence-corrected chi connectivity index (χ2v) is 1.39. The van der Waals surface area contributed by atoms with E-state index in [1.54, 1.807) is 12.2 Å². The fourth-order valence-corrected chi connectivity index (χ4v) is 0.315. The largest absolute Gasteiger partial charge is 0.405 e. The van der Waals surface area contributed by atoms with Gasteiger partial charge in [-0.2, -0.15) is 0 Å². The predicted octanol–water partition coefficient (Wildman–Crippen LogP) is -0.0522. The smallest absolute Gasteiger partial charge is 0.0668 e. The molecule has 9 heavy (non-hydrogen) atoms. The van der Waals surface area contributed by atoms with Gasteiger partial charge >= 0.3 is 0 Å². The first kappa shape index (κ1) is 8.04. The van der Waals surface area contributed by atoms with Crippen LogP contribution in [0.5, 0.6) is 0 Å². The van der Waals surface area contributed by atoms with E-state index in [4.69, 9.17) is 16.2 Å². The molecular formula is C6H12N2O. The number of hydrogen-bond acceptors (Lipinski definition) is 3. The summed E-state index contributed by atoms with van der Waals surface area (Å²) in [5, 5.41) is 0. The molecule has 0 spiro atoms. The van der Waals surface area contributed by atoms with Crippen LogP contribution in [0.2, 0.25) is 0 Å². The number of ether oxygens (including phenoxy) is 1. The quantitative estimate of drug-likeness (QED) is 0.522. The van der Waals surface area contributed by atoms with E-state index in [0.29, 0.717) is 13.2 Å². The van der Waals surface area contributed by atoms with E-state index in [0.717, 1.165) is 0 Å². The Balaban J connectivity index is 2.91.